The Morgan fingerprint density at radius 3 is 2.53 bits per heavy atom. The zero-order valence-corrected chi connectivity index (χ0v) is 18.3. The molecule has 30 heavy (non-hydrogen) atoms. The molecular weight excluding hydrogens is 418 g/mol. The molecule has 4 rings (SSSR count). The first-order valence-electron chi connectivity index (χ1n) is 9.85. The first kappa shape index (κ1) is 20.6. The lowest BCUT2D eigenvalue weighted by Gasteiger charge is -2.32. The fourth-order valence-corrected chi connectivity index (χ4v) is 4.63. The van der Waals surface area contributed by atoms with Crippen molar-refractivity contribution in [2.75, 3.05) is 13.1 Å². The van der Waals surface area contributed by atoms with Crippen molar-refractivity contribution in [2.45, 2.75) is 32.4 Å². The number of amides is 2. The lowest BCUT2D eigenvalue weighted by Crippen LogP contribution is -2.46. The van der Waals surface area contributed by atoms with E-state index in [2.05, 4.69) is 10.3 Å². The van der Waals surface area contributed by atoms with Gasteiger partial charge in [0, 0.05) is 41.0 Å². The number of nitrogens with one attached hydrogen (secondary N) is 1. The average Bonchev–Trinajstić information content (AvgIpc) is 3.45. The molecule has 1 N–H and O–H groups in total. The molecule has 0 unspecified atom stereocenters. The van der Waals surface area contributed by atoms with E-state index in [4.69, 9.17) is 4.74 Å². The van der Waals surface area contributed by atoms with Gasteiger partial charge in [-0.05, 0) is 55.5 Å². The molecule has 0 radical (unpaired) electrons. The predicted octanol–water partition coefficient (Wildman–Crippen LogP) is 4.13. The Bertz CT molecular complexity index is 991. The molecule has 2 amide bonds. The van der Waals surface area contributed by atoms with Crippen LogP contribution in [0.25, 0.3) is 0 Å². The standard InChI is InChI=1S/C22H23N3O3S2/c1-15-23-19(14-30-15)12-28-20-4-2-16(3-5-20)22(27)25-9-6-18(7-10-25)24-21(26)17-8-11-29-13-17/h2-5,8,11,13-14,18H,6-7,9-10,12H2,1H3,(H,24,26). The van der Waals surface area contributed by atoms with Crippen molar-refractivity contribution in [3.63, 3.8) is 0 Å². The van der Waals surface area contributed by atoms with Gasteiger partial charge in [0.15, 0.2) is 0 Å². The van der Waals surface area contributed by atoms with E-state index in [0.717, 1.165) is 23.5 Å². The second kappa shape index (κ2) is 9.40. The number of nitrogens with zero attached hydrogens (tertiary/aromatic N) is 2. The normalized spacial score (nSPS) is 14.5. The van der Waals surface area contributed by atoms with Crippen LogP contribution in [0.5, 0.6) is 5.75 Å². The van der Waals surface area contributed by atoms with E-state index in [1.807, 2.05) is 46.2 Å². The van der Waals surface area contributed by atoms with Gasteiger partial charge >= 0.3 is 0 Å². The van der Waals surface area contributed by atoms with Gasteiger partial charge in [-0.3, -0.25) is 9.59 Å². The Morgan fingerprint density at radius 2 is 1.90 bits per heavy atom. The number of hydrogen-bond donors (Lipinski definition) is 1. The van der Waals surface area contributed by atoms with E-state index < -0.39 is 0 Å². The molecule has 0 atom stereocenters. The minimum atomic E-state index is -0.0376. The van der Waals surface area contributed by atoms with Crippen molar-refractivity contribution in [1.29, 1.82) is 0 Å². The van der Waals surface area contributed by atoms with Crippen molar-refractivity contribution in [3.8, 4) is 5.75 Å². The molecule has 3 heterocycles. The summed E-state index contributed by atoms with van der Waals surface area (Å²) in [4.78, 5) is 31.2. The second-order valence-corrected chi connectivity index (χ2v) is 9.07. The van der Waals surface area contributed by atoms with Crippen LogP contribution in [0.1, 0.15) is 44.3 Å². The van der Waals surface area contributed by atoms with E-state index in [1.54, 1.807) is 23.5 Å². The number of ether oxygens (including phenoxy) is 1. The van der Waals surface area contributed by atoms with E-state index in [9.17, 15) is 9.59 Å². The molecule has 2 aromatic heterocycles. The summed E-state index contributed by atoms with van der Waals surface area (Å²) in [7, 11) is 0. The molecule has 0 spiro atoms. The van der Waals surface area contributed by atoms with Crippen LogP contribution in [0, 0.1) is 6.92 Å². The lowest BCUT2D eigenvalue weighted by atomic mass is 10.0. The molecule has 1 aliphatic heterocycles. The summed E-state index contributed by atoms with van der Waals surface area (Å²) < 4.78 is 5.75. The van der Waals surface area contributed by atoms with Gasteiger partial charge in [0.05, 0.1) is 10.7 Å². The Morgan fingerprint density at radius 1 is 1.13 bits per heavy atom. The van der Waals surface area contributed by atoms with Gasteiger partial charge in [-0.15, -0.1) is 11.3 Å². The highest BCUT2D eigenvalue weighted by Gasteiger charge is 2.25. The van der Waals surface area contributed by atoms with E-state index >= 15 is 0 Å². The number of aromatic nitrogens is 1. The summed E-state index contributed by atoms with van der Waals surface area (Å²) in [5.74, 6) is 0.691. The monoisotopic (exact) mass is 441 g/mol. The largest absolute Gasteiger partial charge is 0.487 e. The van der Waals surface area contributed by atoms with Crippen LogP contribution in [-0.4, -0.2) is 40.8 Å². The Labute approximate surface area is 183 Å². The van der Waals surface area contributed by atoms with Crippen molar-refractivity contribution >= 4 is 34.5 Å². The first-order valence-corrected chi connectivity index (χ1v) is 11.7. The second-order valence-electron chi connectivity index (χ2n) is 7.22. The molecule has 6 nitrogen and oxygen atoms in total. The highest BCUT2D eigenvalue weighted by molar-refractivity contribution is 7.09. The number of thiophene rings is 1. The first-order chi connectivity index (χ1) is 14.6. The third-order valence-corrected chi connectivity index (χ3v) is 6.56. The smallest absolute Gasteiger partial charge is 0.253 e. The number of carbonyl (C=O) groups is 2. The molecule has 1 aromatic carbocycles. The predicted molar refractivity (Wildman–Crippen MR) is 118 cm³/mol. The molecule has 3 aromatic rings. The maximum atomic E-state index is 12.8. The van der Waals surface area contributed by atoms with Gasteiger partial charge in [-0.2, -0.15) is 11.3 Å². The number of carbonyl (C=O) groups excluding carboxylic acids is 2. The third-order valence-electron chi connectivity index (χ3n) is 5.06. The van der Waals surface area contributed by atoms with Crippen LogP contribution in [0.2, 0.25) is 0 Å². The van der Waals surface area contributed by atoms with E-state index in [-0.39, 0.29) is 17.9 Å². The zero-order chi connectivity index (χ0) is 20.9. The van der Waals surface area contributed by atoms with Gasteiger partial charge in [0.2, 0.25) is 0 Å². The number of rotatable bonds is 6. The number of aryl methyl sites for hydroxylation is 1. The Kier molecular flexibility index (Phi) is 6.44. The average molecular weight is 442 g/mol. The minimum Gasteiger partial charge on any atom is -0.487 e. The van der Waals surface area contributed by atoms with Crippen LogP contribution >= 0.6 is 22.7 Å². The molecule has 1 aliphatic rings. The summed E-state index contributed by atoms with van der Waals surface area (Å²) >= 11 is 3.11. The molecule has 0 aliphatic carbocycles. The van der Waals surface area contributed by atoms with Gasteiger partial charge in [0.1, 0.15) is 12.4 Å². The van der Waals surface area contributed by atoms with E-state index in [1.165, 1.54) is 11.3 Å². The molecule has 156 valence electrons. The molecule has 0 bridgehead atoms. The summed E-state index contributed by atoms with van der Waals surface area (Å²) in [6.07, 6.45) is 1.52. The minimum absolute atomic E-state index is 0.0132. The fraction of sp³-hybridized carbons (Fsp3) is 0.318. The van der Waals surface area contributed by atoms with Crippen molar-refractivity contribution in [3.05, 3.63) is 68.3 Å². The summed E-state index contributed by atoms with van der Waals surface area (Å²) in [5.41, 5.74) is 2.25. The van der Waals surface area contributed by atoms with Crippen molar-refractivity contribution in [2.24, 2.45) is 0 Å². The fourth-order valence-electron chi connectivity index (χ4n) is 3.40. The molecule has 0 saturated carbocycles. The van der Waals surface area contributed by atoms with Crippen LogP contribution in [0.15, 0.2) is 46.5 Å². The van der Waals surface area contributed by atoms with Crippen LogP contribution < -0.4 is 10.1 Å². The topological polar surface area (TPSA) is 71.5 Å². The number of piperidine rings is 1. The maximum Gasteiger partial charge on any atom is 0.253 e. The summed E-state index contributed by atoms with van der Waals surface area (Å²) in [5, 5.41) is 9.81. The number of benzene rings is 1. The summed E-state index contributed by atoms with van der Waals surface area (Å²) in [6.45, 7) is 3.65. The molecule has 1 saturated heterocycles. The highest BCUT2D eigenvalue weighted by atomic mass is 32.1. The molecule has 8 heteroatoms. The lowest BCUT2D eigenvalue weighted by molar-refractivity contribution is 0.0698. The van der Waals surface area contributed by atoms with Gasteiger partial charge in [0.25, 0.3) is 11.8 Å². The summed E-state index contributed by atoms with van der Waals surface area (Å²) in [6, 6.07) is 9.17. The highest BCUT2D eigenvalue weighted by Crippen LogP contribution is 2.19. The Balaban J connectivity index is 1.26. The van der Waals surface area contributed by atoms with Gasteiger partial charge < -0.3 is 15.0 Å². The maximum absolute atomic E-state index is 12.8. The number of thiazole rings is 1. The zero-order valence-electron chi connectivity index (χ0n) is 16.7. The van der Waals surface area contributed by atoms with Crippen LogP contribution in [0.4, 0.5) is 0 Å². The van der Waals surface area contributed by atoms with E-state index in [0.29, 0.717) is 36.6 Å². The van der Waals surface area contributed by atoms with Crippen LogP contribution in [0.3, 0.4) is 0 Å². The van der Waals surface area contributed by atoms with Gasteiger partial charge in [-0.1, -0.05) is 0 Å². The van der Waals surface area contributed by atoms with Crippen LogP contribution in [-0.2, 0) is 6.61 Å². The SMILES string of the molecule is Cc1nc(COc2ccc(C(=O)N3CCC(NC(=O)c4ccsc4)CC3)cc2)cs1. The quantitative estimate of drug-likeness (QED) is 0.624. The van der Waals surface area contributed by atoms with Crippen molar-refractivity contribution < 1.29 is 14.3 Å². The number of hydrogen-bond acceptors (Lipinski definition) is 6. The molecule has 1 fully saturated rings. The van der Waals surface area contributed by atoms with Crippen molar-refractivity contribution in [1.82, 2.24) is 15.2 Å². The number of likely N-dealkylation sites (tertiary alicyclic amines) is 1. The Hall–Kier alpha value is -2.71. The van der Waals surface area contributed by atoms with Gasteiger partial charge in [-0.25, -0.2) is 4.98 Å². The molecular formula is C22H23N3O3S2. The third kappa shape index (κ3) is 5.06.